The van der Waals surface area contributed by atoms with Gasteiger partial charge in [0.05, 0.1) is 6.54 Å². The summed E-state index contributed by atoms with van der Waals surface area (Å²) in [6, 6.07) is 6.36. The number of rotatable bonds is 5. The van der Waals surface area contributed by atoms with E-state index >= 15 is 0 Å². The minimum Gasteiger partial charge on any atom is -0.485 e. The topological polar surface area (TPSA) is 59.6 Å². The number of nitrogens with one attached hydrogen (secondary N) is 1. The van der Waals surface area contributed by atoms with Gasteiger partial charge in [0.25, 0.3) is 0 Å². The Balaban J connectivity index is 2.60. The van der Waals surface area contributed by atoms with Crippen LogP contribution >= 0.6 is 0 Å². The van der Waals surface area contributed by atoms with Crippen molar-refractivity contribution < 1.29 is 9.13 Å². The molecule has 0 aromatic heterocycles. The molecule has 0 heterocycles. The summed E-state index contributed by atoms with van der Waals surface area (Å²) in [5.74, 6) is 0.251. The van der Waals surface area contributed by atoms with Crippen LogP contribution in [-0.2, 0) is 0 Å². The fraction of sp³-hybridized carbons (Fsp3) is 0.533. The predicted molar refractivity (Wildman–Crippen MR) is 80.5 cm³/mol. The molecule has 20 heavy (non-hydrogen) atoms. The number of guanidine groups is 1. The van der Waals surface area contributed by atoms with E-state index < -0.39 is 0 Å². The van der Waals surface area contributed by atoms with Gasteiger partial charge in [0.2, 0.25) is 0 Å². The van der Waals surface area contributed by atoms with Gasteiger partial charge in [0, 0.05) is 5.54 Å². The van der Waals surface area contributed by atoms with Crippen LogP contribution in [0.2, 0.25) is 0 Å². The first-order chi connectivity index (χ1) is 9.31. The number of ether oxygens (including phenoxy) is 1. The Bertz CT molecular complexity index is 455. The van der Waals surface area contributed by atoms with E-state index in [9.17, 15) is 4.39 Å². The third-order valence-corrected chi connectivity index (χ3v) is 2.55. The van der Waals surface area contributed by atoms with E-state index in [0.29, 0.717) is 12.5 Å². The van der Waals surface area contributed by atoms with Gasteiger partial charge in [-0.05, 0) is 39.3 Å². The minimum atomic E-state index is -0.365. The zero-order valence-electron chi connectivity index (χ0n) is 12.6. The first kappa shape index (κ1) is 16.3. The highest BCUT2D eigenvalue weighted by Gasteiger charge is 2.13. The second kappa shape index (κ2) is 7.12. The van der Waals surface area contributed by atoms with Gasteiger partial charge in [-0.15, -0.1) is 0 Å². The average molecular weight is 281 g/mol. The van der Waals surface area contributed by atoms with E-state index in [0.717, 1.165) is 6.42 Å². The molecular formula is C15H24FN3O. The molecular weight excluding hydrogens is 257 g/mol. The van der Waals surface area contributed by atoms with E-state index in [2.05, 4.69) is 10.3 Å². The summed E-state index contributed by atoms with van der Waals surface area (Å²) < 4.78 is 19.1. The Morgan fingerprint density at radius 1 is 1.40 bits per heavy atom. The second-order valence-corrected chi connectivity index (χ2v) is 5.68. The standard InChI is InChI=1S/C15H24FN3O/c1-5-11(10-18-14(17)19-15(2,3)4)20-13-9-7-6-8-12(13)16/h6-9,11H,5,10H2,1-4H3,(H3,17,18,19). The van der Waals surface area contributed by atoms with E-state index in [4.69, 9.17) is 10.5 Å². The molecule has 1 aromatic carbocycles. The number of benzene rings is 1. The summed E-state index contributed by atoms with van der Waals surface area (Å²) in [5, 5.41) is 3.07. The average Bonchev–Trinajstić information content (AvgIpc) is 2.34. The molecule has 0 bridgehead atoms. The Hall–Kier alpha value is -1.78. The Morgan fingerprint density at radius 3 is 2.60 bits per heavy atom. The third-order valence-electron chi connectivity index (χ3n) is 2.55. The van der Waals surface area contributed by atoms with Crippen molar-refractivity contribution in [3.63, 3.8) is 0 Å². The number of halogens is 1. The zero-order chi connectivity index (χ0) is 15.2. The summed E-state index contributed by atoms with van der Waals surface area (Å²) in [6.45, 7) is 8.36. The third kappa shape index (κ3) is 5.91. The van der Waals surface area contributed by atoms with Gasteiger partial charge in [-0.25, -0.2) is 9.38 Å². The maximum Gasteiger partial charge on any atom is 0.189 e. The fourth-order valence-corrected chi connectivity index (χ4v) is 1.59. The van der Waals surface area contributed by atoms with Gasteiger partial charge in [-0.3, -0.25) is 0 Å². The molecule has 1 unspecified atom stereocenters. The largest absolute Gasteiger partial charge is 0.485 e. The van der Waals surface area contributed by atoms with Crippen LogP contribution in [0.4, 0.5) is 4.39 Å². The zero-order valence-corrected chi connectivity index (χ0v) is 12.6. The molecule has 0 aliphatic carbocycles. The summed E-state index contributed by atoms with van der Waals surface area (Å²) in [6.07, 6.45) is 0.521. The van der Waals surface area contributed by atoms with Crippen molar-refractivity contribution in [1.82, 2.24) is 5.32 Å². The van der Waals surface area contributed by atoms with Crippen molar-refractivity contribution in [2.75, 3.05) is 6.54 Å². The van der Waals surface area contributed by atoms with Gasteiger partial charge in [-0.1, -0.05) is 19.1 Å². The lowest BCUT2D eigenvalue weighted by atomic mass is 10.1. The maximum absolute atomic E-state index is 13.5. The molecule has 0 spiro atoms. The van der Waals surface area contributed by atoms with Gasteiger partial charge >= 0.3 is 0 Å². The molecule has 0 saturated carbocycles. The molecule has 4 nitrogen and oxygen atoms in total. The van der Waals surface area contributed by atoms with Crippen molar-refractivity contribution in [3.05, 3.63) is 30.1 Å². The molecule has 0 fully saturated rings. The van der Waals surface area contributed by atoms with Crippen LogP contribution in [0.3, 0.4) is 0 Å². The second-order valence-electron chi connectivity index (χ2n) is 5.68. The van der Waals surface area contributed by atoms with Crippen molar-refractivity contribution in [1.29, 1.82) is 0 Å². The summed E-state index contributed by atoms with van der Waals surface area (Å²) in [7, 11) is 0. The van der Waals surface area contributed by atoms with Crippen molar-refractivity contribution >= 4 is 5.96 Å². The van der Waals surface area contributed by atoms with Crippen molar-refractivity contribution in [2.45, 2.75) is 45.8 Å². The minimum absolute atomic E-state index is 0.137. The number of para-hydroxylation sites is 1. The molecule has 1 aromatic rings. The first-order valence-electron chi connectivity index (χ1n) is 6.81. The van der Waals surface area contributed by atoms with Gasteiger partial charge < -0.3 is 15.8 Å². The number of aliphatic imine (C=N–C) groups is 1. The van der Waals surface area contributed by atoms with Crippen molar-refractivity contribution in [2.24, 2.45) is 10.7 Å². The fourth-order valence-electron chi connectivity index (χ4n) is 1.59. The van der Waals surface area contributed by atoms with Crippen LogP contribution < -0.4 is 15.8 Å². The number of nitrogens with two attached hydrogens (primary N) is 1. The number of nitrogens with zero attached hydrogens (tertiary/aromatic N) is 1. The smallest absolute Gasteiger partial charge is 0.189 e. The number of hydrogen-bond donors (Lipinski definition) is 2. The van der Waals surface area contributed by atoms with Crippen LogP contribution in [0.15, 0.2) is 29.3 Å². The number of hydrogen-bond acceptors (Lipinski definition) is 2. The molecule has 0 aliphatic heterocycles. The van der Waals surface area contributed by atoms with Gasteiger partial charge in [0.1, 0.15) is 6.10 Å². The maximum atomic E-state index is 13.5. The highest BCUT2D eigenvalue weighted by Crippen LogP contribution is 2.18. The predicted octanol–water partition coefficient (Wildman–Crippen LogP) is 2.69. The first-order valence-corrected chi connectivity index (χ1v) is 6.81. The van der Waals surface area contributed by atoms with E-state index in [-0.39, 0.29) is 23.2 Å². The Morgan fingerprint density at radius 2 is 2.05 bits per heavy atom. The van der Waals surface area contributed by atoms with Gasteiger partial charge in [-0.2, -0.15) is 0 Å². The summed E-state index contributed by atoms with van der Waals surface area (Å²) >= 11 is 0. The van der Waals surface area contributed by atoms with Crippen LogP contribution in [0.25, 0.3) is 0 Å². The van der Waals surface area contributed by atoms with Crippen LogP contribution in [-0.4, -0.2) is 24.1 Å². The highest BCUT2D eigenvalue weighted by atomic mass is 19.1. The normalized spacial score (nSPS) is 13.9. The molecule has 5 heteroatoms. The molecule has 1 atom stereocenters. The molecule has 0 radical (unpaired) electrons. The quantitative estimate of drug-likeness (QED) is 0.644. The van der Waals surface area contributed by atoms with Crippen LogP contribution in [0.1, 0.15) is 34.1 Å². The molecule has 1 rings (SSSR count). The van der Waals surface area contributed by atoms with E-state index in [1.165, 1.54) is 6.07 Å². The molecule has 0 amide bonds. The highest BCUT2D eigenvalue weighted by molar-refractivity contribution is 5.78. The Kier molecular flexibility index (Phi) is 5.80. The SMILES string of the molecule is CCC(CN=C(N)NC(C)(C)C)Oc1ccccc1F. The lowest BCUT2D eigenvalue weighted by Gasteiger charge is -2.22. The Labute approximate surface area is 120 Å². The summed E-state index contributed by atoms with van der Waals surface area (Å²) in [4.78, 5) is 4.24. The lowest BCUT2D eigenvalue weighted by molar-refractivity contribution is 0.196. The van der Waals surface area contributed by atoms with Gasteiger partial charge in [0.15, 0.2) is 17.5 Å². The molecule has 112 valence electrons. The molecule has 0 aliphatic rings. The van der Waals surface area contributed by atoms with E-state index in [1.54, 1.807) is 18.2 Å². The monoisotopic (exact) mass is 281 g/mol. The van der Waals surface area contributed by atoms with Crippen LogP contribution in [0, 0.1) is 5.82 Å². The lowest BCUT2D eigenvalue weighted by Crippen LogP contribution is -2.45. The molecule has 3 N–H and O–H groups in total. The van der Waals surface area contributed by atoms with Crippen LogP contribution in [0.5, 0.6) is 5.75 Å². The van der Waals surface area contributed by atoms with Crippen molar-refractivity contribution in [3.8, 4) is 5.75 Å². The van der Waals surface area contributed by atoms with E-state index in [1.807, 2.05) is 27.7 Å². The molecule has 0 saturated heterocycles. The summed E-state index contributed by atoms with van der Waals surface area (Å²) in [5.41, 5.74) is 5.66.